The lowest BCUT2D eigenvalue weighted by Gasteiger charge is -2.41. The Morgan fingerprint density at radius 3 is 2.43 bits per heavy atom. The van der Waals surface area contributed by atoms with Crippen molar-refractivity contribution in [2.75, 3.05) is 32.8 Å². The Kier molecular flexibility index (Phi) is 8.01. The number of ether oxygens (including phenoxy) is 1. The number of rotatable bonds is 8. The third-order valence-electron chi connectivity index (χ3n) is 5.28. The van der Waals surface area contributed by atoms with Crippen molar-refractivity contribution in [1.29, 1.82) is 0 Å². The zero-order valence-electron chi connectivity index (χ0n) is 17.9. The first-order valence-corrected chi connectivity index (χ1v) is 10.2. The molecule has 0 bridgehead atoms. The third-order valence-corrected chi connectivity index (χ3v) is 5.28. The highest BCUT2D eigenvalue weighted by Gasteiger charge is 2.30. The van der Waals surface area contributed by atoms with Gasteiger partial charge in [0, 0.05) is 30.7 Å². The molecule has 6 nitrogen and oxygen atoms in total. The number of morpholine rings is 1. The smallest absolute Gasteiger partial charge is 0.252 e. The lowest BCUT2D eigenvalue weighted by atomic mass is 9.99. The van der Waals surface area contributed by atoms with Crippen molar-refractivity contribution in [2.24, 2.45) is 5.92 Å². The highest BCUT2D eigenvalue weighted by molar-refractivity contribution is 5.98. The van der Waals surface area contributed by atoms with Crippen LogP contribution in [0.15, 0.2) is 24.3 Å². The van der Waals surface area contributed by atoms with Crippen molar-refractivity contribution < 1.29 is 14.3 Å². The van der Waals surface area contributed by atoms with Gasteiger partial charge in [0.05, 0.1) is 13.2 Å². The summed E-state index contributed by atoms with van der Waals surface area (Å²) >= 11 is 0. The average Bonchev–Trinajstić information content (AvgIpc) is 2.66. The van der Waals surface area contributed by atoms with Crippen LogP contribution in [-0.4, -0.2) is 61.1 Å². The van der Waals surface area contributed by atoms with Crippen molar-refractivity contribution in [2.45, 2.75) is 52.6 Å². The van der Waals surface area contributed by atoms with Crippen LogP contribution in [0.5, 0.6) is 0 Å². The molecule has 2 N–H and O–H groups in total. The summed E-state index contributed by atoms with van der Waals surface area (Å²) in [6, 6.07) is 6.88. The molecule has 0 unspecified atom stereocenters. The maximum absolute atomic E-state index is 12.9. The highest BCUT2D eigenvalue weighted by Crippen LogP contribution is 2.16. The fourth-order valence-corrected chi connectivity index (χ4v) is 3.47. The van der Waals surface area contributed by atoms with Crippen LogP contribution in [0, 0.1) is 12.8 Å². The quantitative estimate of drug-likeness (QED) is 0.716. The van der Waals surface area contributed by atoms with Crippen LogP contribution in [-0.2, 0) is 9.53 Å². The van der Waals surface area contributed by atoms with Gasteiger partial charge < -0.3 is 15.4 Å². The predicted molar refractivity (Wildman–Crippen MR) is 111 cm³/mol. The fraction of sp³-hybridized carbons (Fsp3) is 0.636. The summed E-state index contributed by atoms with van der Waals surface area (Å²) < 4.78 is 5.42. The second-order valence-electron chi connectivity index (χ2n) is 8.60. The molecule has 0 saturated carbocycles. The molecule has 1 aliphatic heterocycles. The zero-order valence-corrected chi connectivity index (χ0v) is 17.9. The van der Waals surface area contributed by atoms with Crippen LogP contribution in [0.4, 0.5) is 0 Å². The SMILES string of the molecule is Cc1ccccc1C(=O)N[C@@H](CC(C)C)C(=O)NCC(C)(C)N1CCOCC1. The van der Waals surface area contributed by atoms with Gasteiger partial charge in [0.25, 0.3) is 5.91 Å². The number of hydrogen-bond donors (Lipinski definition) is 2. The first kappa shape index (κ1) is 22.4. The number of hydrogen-bond acceptors (Lipinski definition) is 4. The molecule has 0 spiro atoms. The molecule has 0 radical (unpaired) electrons. The van der Waals surface area contributed by atoms with Gasteiger partial charge in [-0.25, -0.2) is 0 Å². The molecule has 28 heavy (non-hydrogen) atoms. The van der Waals surface area contributed by atoms with E-state index in [-0.39, 0.29) is 17.4 Å². The number of nitrogens with one attached hydrogen (secondary N) is 2. The maximum atomic E-state index is 12.9. The molecular formula is C22H35N3O3. The summed E-state index contributed by atoms with van der Waals surface area (Å²) in [5.41, 5.74) is 1.34. The van der Waals surface area contributed by atoms with Gasteiger partial charge >= 0.3 is 0 Å². The molecule has 0 aromatic heterocycles. The van der Waals surface area contributed by atoms with Gasteiger partial charge in [-0.05, 0) is 44.7 Å². The summed E-state index contributed by atoms with van der Waals surface area (Å²) in [5.74, 6) is -0.0384. The molecule has 1 fully saturated rings. The van der Waals surface area contributed by atoms with Gasteiger partial charge in [-0.1, -0.05) is 32.0 Å². The molecule has 156 valence electrons. The van der Waals surface area contributed by atoms with E-state index in [0.717, 1.165) is 31.9 Å². The number of carbonyl (C=O) groups excluding carboxylic acids is 2. The summed E-state index contributed by atoms with van der Waals surface area (Å²) in [5, 5.41) is 6.00. The van der Waals surface area contributed by atoms with E-state index in [1.807, 2.05) is 25.1 Å². The minimum Gasteiger partial charge on any atom is -0.379 e. The fourth-order valence-electron chi connectivity index (χ4n) is 3.47. The van der Waals surface area contributed by atoms with E-state index in [4.69, 9.17) is 4.74 Å². The highest BCUT2D eigenvalue weighted by atomic mass is 16.5. The van der Waals surface area contributed by atoms with Crippen LogP contribution in [0.2, 0.25) is 0 Å². The van der Waals surface area contributed by atoms with Crippen molar-refractivity contribution in [1.82, 2.24) is 15.5 Å². The molecule has 1 heterocycles. The van der Waals surface area contributed by atoms with Crippen molar-refractivity contribution >= 4 is 11.8 Å². The van der Waals surface area contributed by atoms with Crippen molar-refractivity contribution in [3.8, 4) is 0 Å². The Morgan fingerprint density at radius 1 is 1.18 bits per heavy atom. The topological polar surface area (TPSA) is 70.7 Å². The Balaban J connectivity index is 2.00. The molecule has 1 aromatic rings. The van der Waals surface area contributed by atoms with Gasteiger partial charge in [-0.2, -0.15) is 0 Å². The molecule has 1 aromatic carbocycles. The summed E-state index contributed by atoms with van der Waals surface area (Å²) in [7, 11) is 0. The first-order chi connectivity index (χ1) is 13.2. The van der Waals surface area contributed by atoms with Crippen molar-refractivity contribution in [3.63, 3.8) is 0 Å². The van der Waals surface area contributed by atoms with E-state index in [2.05, 4.69) is 43.2 Å². The summed E-state index contributed by atoms with van der Waals surface area (Å²) in [4.78, 5) is 27.9. The van der Waals surface area contributed by atoms with Crippen LogP contribution in [0.3, 0.4) is 0 Å². The number of benzene rings is 1. The standard InChI is InChI=1S/C22H35N3O3/c1-16(2)14-19(24-20(26)18-9-7-6-8-17(18)3)21(27)23-15-22(4,5)25-10-12-28-13-11-25/h6-9,16,19H,10-15H2,1-5H3,(H,23,27)(H,24,26)/t19-/m0/s1. The predicted octanol–water partition coefficient (Wildman–Crippen LogP) is 2.37. The van der Waals surface area contributed by atoms with Crippen LogP contribution >= 0.6 is 0 Å². The monoisotopic (exact) mass is 389 g/mol. The zero-order chi connectivity index (χ0) is 20.7. The molecule has 6 heteroatoms. The number of nitrogens with zero attached hydrogens (tertiary/aromatic N) is 1. The first-order valence-electron chi connectivity index (χ1n) is 10.2. The normalized spacial score (nSPS) is 16.6. The molecule has 2 rings (SSSR count). The van der Waals surface area contributed by atoms with Gasteiger partial charge in [0.2, 0.25) is 5.91 Å². The van der Waals surface area contributed by atoms with E-state index in [0.29, 0.717) is 24.4 Å². The number of carbonyl (C=O) groups is 2. The maximum Gasteiger partial charge on any atom is 0.252 e. The third kappa shape index (κ3) is 6.31. The summed E-state index contributed by atoms with van der Waals surface area (Å²) in [6.45, 7) is 14.0. The second-order valence-corrected chi connectivity index (χ2v) is 8.60. The van der Waals surface area contributed by atoms with E-state index < -0.39 is 6.04 Å². The van der Waals surface area contributed by atoms with Crippen LogP contribution in [0.1, 0.15) is 50.0 Å². The van der Waals surface area contributed by atoms with Crippen LogP contribution < -0.4 is 10.6 Å². The average molecular weight is 390 g/mol. The Bertz CT molecular complexity index is 667. The van der Waals surface area contributed by atoms with Gasteiger partial charge in [-0.3, -0.25) is 14.5 Å². The van der Waals surface area contributed by atoms with Gasteiger partial charge in [0.15, 0.2) is 0 Å². The number of amides is 2. The summed E-state index contributed by atoms with van der Waals surface area (Å²) in [6.07, 6.45) is 0.599. The van der Waals surface area contributed by atoms with E-state index in [1.165, 1.54) is 0 Å². The lowest BCUT2D eigenvalue weighted by Crippen LogP contribution is -2.57. The van der Waals surface area contributed by atoms with E-state index in [1.54, 1.807) is 6.07 Å². The Hall–Kier alpha value is -1.92. The van der Waals surface area contributed by atoms with E-state index in [9.17, 15) is 9.59 Å². The van der Waals surface area contributed by atoms with Gasteiger partial charge in [0.1, 0.15) is 6.04 Å². The second kappa shape index (κ2) is 10.0. The van der Waals surface area contributed by atoms with Crippen LogP contribution in [0.25, 0.3) is 0 Å². The Morgan fingerprint density at radius 2 is 1.82 bits per heavy atom. The van der Waals surface area contributed by atoms with E-state index >= 15 is 0 Å². The largest absolute Gasteiger partial charge is 0.379 e. The van der Waals surface area contributed by atoms with Crippen molar-refractivity contribution in [3.05, 3.63) is 35.4 Å². The number of aryl methyl sites for hydroxylation is 1. The molecule has 1 saturated heterocycles. The molecule has 1 atom stereocenters. The molecule has 2 amide bonds. The Labute approximate surface area is 169 Å². The molecule has 1 aliphatic rings. The minimum atomic E-state index is -0.549. The minimum absolute atomic E-state index is 0.128. The van der Waals surface area contributed by atoms with Gasteiger partial charge in [-0.15, -0.1) is 0 Å². The lowest BCUT2D eigenvalue weighted by molar-refractivity contribution is -0.124. The molecule has 0 aliphatic carbocycles. The molecular weight excluding hydrogens is 354 g/mol.